The average molecular weight is 440 g/mol. The zero-order chi connectivity index (χ0) is 21.0. The molecule has 1 N–H and O–H groups in total. The Labute approximate surface area is 175 Å². The Balaban J connectivity index is 1.82. The lowest BCUT2D eigenvalue weighted by molar-refractivity contribution is -0.0258. The van der Waals surface area contributed by atoms with Crippen molar-refractivity contribution in [2.45, 2.75) is 4.90 Å². The van der Waals surface area contributed by atoms with E-state index in [1.165, 1.54) is 38.4 Å². The smallest absolute Gasteiger partial charge is 0.264 e. The van der Waals surface area contributed by atoms with Crippen molar-refractivity contribution >= 4 is 38.9 Å². The fourth-order valence-electron chi connectivity index (χ4n) is 2.94. The Bertz CT molecular complexity index is 976. The van der Waals surface area contributed by atoms with Crippen LogP contribution in [0.15, 0.2) is 47.4 Å². The molecular weight excluding hydrogens is 418 g/mol. The number of amides is 1. The van der Waals surface area contributed by atoms with Crippen LogP contribution in [0.25, 0.3) is 0 Å². The second kappa shape index (κ2) is 9.10. The van der Waals surface area contributed by atoms with Gasteiger partial charge in [0, 0.05) is 25.7 Å². The molecule has 1 fully saturated rings. The molecule has 2 aromatic rings. The maximum absolute atomic E-state index is 12.7. The van der Waals surface area contributed by atoms with Gasteiger partial charge in [0.05, 0.1) is 41.6 Å². The van der Waals surface area contributed by atoms with Crippen molar-refractivity contribution < 1.29 is 22.8 Å². The quantitative estimate of drug-likeness (QED) is 0.696. The molecule has 0 aliphatic carbocycles. The first kappa shape index (κ1) is 21.5. The summed E-state index contributed by atoms with van der Waals surface area (Å²) in [6.07, 6.45) is 0. The van der Waals surface area contributed by atoms with Crippen LogP contribution in [0.2, 0.25) is 5.02 Å². The minimum absolute atomic E-state index is 0.0233. The van der Waals surface area contributed by atoms with E-state index in [4.69, 9.17) is 21.2 Å². The topological polar surface area (TPSA) is 88.2 Å². The van der Waals surface area contributed by atoms with E-state index in [1.807, 2.05) is 0 Å². The molecule has 29 heavy (non-hydrogen) atoms. The SMILES string of the molecule is CON(C)S(=O)(=O)c1ccc(C(=O)Nc2cccc(Cl)c2N2CCOCC2)cc1. The van der Waals surface area contributed by atoms with Crippen LogP contribution in [0, 0.1) is 0 Å². The Morgan fingerprint density at radius 2 is 1.83 bits per heavy atom. The predicted molar refractivity (Wildman–Crippen MR) is 111 cm³/mol. The number of anilines is 2. The van der Waals surface area contributed by atoms with Crippen molar-refractivity contribution in [3.63, 3.8) is 0 Å². The minimum atomic E-state index is -3.77. The van der Waals surface area contributed by atoms with E-state index in [1.54, 1.807) is 18.2 Å². The van der Waals surface area contributed by atoms with Gasteiger partial charge >= 0.3 is 0 Å². The lowest BCUT2D eigenvalue weighted by Crippen LogP contribution is -2.37. The standard InChI is InChI=1S/C19H22ClN3O5S/c1-22(27-2)29(25,26)15-8-6-14(7-9-15)19(24)21-17-5-3-4-16(20)18(17)23-10-12-28-13-11-23/h3-9H,10-13H2,1-2H3,(H,21,24). The second-order valence-electron chi connectivity index (χ2n) is 6.31. The van der Waals surface area contributed by atoms with Crippen molar-refractivity contribution in [1.29, 1.82) is 0 Å². The van der Waals surface area contributed by atoms with E-state index in [9.17, 15) is 13.2 Å². The first-order valence-electron chi connectivity index (χ1n) is 8.90. The van der Waals surface area contributed by atoms with Gasteiger partial charge < -0.3 is 15.0 Å². The number of sulfonamides is 1. The van der Waals surface area contributed by atoms with Gasteiger partial charge in [0.25, 0.3) is 15.9 Å². The van der Waals surface area contributed by atoms with Crippen LogP contribution in [0.1, 0.15) is 10.4 Å². The van der Waals surface area contributed by atoms with Gasteiger partial charge in [0.2, 0.25) is 0 Å². The number of hydrogen-bond donors (Lipinski definition) is 1. The number of rotatable bonds is 6. The van der Waals surface area contributed by atoms with Crippen molar-refractivity contribution in [2.75, 3.05) is 50.7 Å². The van der Waals surface area contributed by atoms with Gasteiger partial charge in [0.1, 0.15) is 0 Å². The number of carbonyl (C=O) groups excluding carboxylic acids is 1. The molecule has 0 bridgehead atoms. The van der Waals surface area contributed by atoms with Crippen molar-refractivity contribution in [2.24, 2.45) is 0 Å². The van der Waals surface area contributed by atoms with Gasteiger partial charge in [-0.15, -0.1) is 0 Å². The number of ether oxygens (including phenoxy) is 1. The van der Waals surface area contributed by atoms with Gasteiger partial charge in [-0.25, -0.2) is 8.42 Å². The average Bonchev–Trinajstić information content (AvgIpc) is 2.74. The molecule has 3 rings (SSSR count). The summed E-state index contributed by atoms with van der Waals surface area (Å²) in [5.41, 5.74) is 1.64. The summed E-state index contributed by atoms with van der Waals surface area (Å²) in [4.78, 5) is 19.6. The Hall–Kier alpha value is -2.17. The highest BCUT2D eigenvalue weighted by Crippen LogP contribution is 2.34. The van der Waals surface area contributed by atoms with Crippen LogP contribution < -0.4 is 10.2 Å². The Morgan fingerprint density at radius 1 is 1.17 bits per heavy atom. The molecule has 10 heteroatoms. The molecular formula is C19H22ClN3O5S. The first-order chi connectivity index (χ1) is 13.8. The fourth-order valence-corrected chi connectivity index (χ4v) is 4.21. The summed E-state index contributed by atoms with van der Waals surface area (Å²) < 4.78 is 30.7. The van der Waals surface area contributed by atoms with Crippen LogP contribution in [-0.2, 0) is 19.6 Å². The summed E-state index contributed by atoms with van der Waals surface area (Å²) in [5, 5.41) is 3.40. The molecule has 0 saturated carbocycles. The number of morpholine rings is 1. The monoisotopic (exact) mass is 439 g/mol. The van der Waals surface area contributed by atoms with Gasteiger partial charge in [-0.2, -0.15) is 0 Å². The van der Waals surface area contributed by atoms with Crippen LogP contribution in [0.5, 0.6) is 0 Å². The van der Waals surface area contributed by atoms with Gasteiger partial charge in [-0.3, -0.25) is 9.63 Å². The molecule has 1 amide bonds. The molecule has 0 atom stereocenters. The summed E-state index contributed by atoms with van der Waals surface area (Å²) in [6.45, 7) is 2.52. The number of hydroxylamine groups is 1. The summed E-state index contributed by atoms with van der Waals surface area (Å²) in [6, 6.07) is 10.9. The number of nitrogens with zero attached hydrogens (tertiary/aromatic N) is 2. The van der Waals surface area contributed by atoms with Crippen LogP contribution in [-0.4, -0.2) is 59.3 Å². The number of para-hydroxylation sites is 1. The van der Waals surface area contributed by atoms with Crippen LogP contribution in [0.3, 0.4) is 0 Å². The third-order valence-corrected chi connectivity index (χ3v) is 6.57. The highest BCUT2D eigenvalue weighted by Gasteiger charge is 2.22. The van der Waals surface area contributed by atoms with Crippen LogP contribution in [0.4, 0.5) is 11.4 Å². The number of carbonyl (C=O) groups is 1. The maximum atomic E-state index is 12.7. The number of nitrogens with one attached hydrogen (secondary N) is 1. The normalized spacial score (nSPS) is 14.8. The van der Waals surface area contributed by atoms with Crippen molar-refractivity contribution in [1.82, 2.24) is 4.47 Å². The molecule has 0 radical (unpaired) electrons. The molecule has 1 heterocycles. The molecule has 8 nitrogen and oxygen atoms in total. The maximum Gasteiger partial charge on any atom is 0.264 e. The van der Waals surface area contributed by atoms with E-state index in [-0.39, 0.29) is 10.8 Å². The molecule has 0 spiro atoms. The van der Waals surface area contributed by atoms with Gasteiger partial charge in [0.15, 0.2) is 0 Å². The molecule has 1 saturated heterocycles. The molecule has 2 aromatic carbocycles. The van der Waals surface area contributed by atoms with Crippen LogP contribution >= 0.6 is 11.6 Å². The molecule has 0 unspecified atom stereocenters. The van der Waals surface area contributed by atoms with Gasteiger partial charge in [-0.1, -0.05) is 22.1 Å². The largest absolute Gasteiger partial charge is 0.378 e. The van der Waals surface area contributed by atoms with Gasteiger partial charge in [-0.05, 0) is 36.4 Å². The first-order valence-corrected chi connectivity index (χ1v) is 10.7. The lowest BCUT2D eigenvalue weighted by Gasteiger charge is -2.31. The molecule has 1 aliphatic rings. The third-order valence-electron chi connectivity index (χ3n) is 4.57. The summed E-state index contributed by atoms with van der Waals surface area (Å²) in [7, 11) is -1.22. The minimum Gasteiger partial charge on any atom is -0.378 e. The summed E-state index contributed by atoms with van der Waals surface area (Å²) in [5.74, 6) is -0.370. The summed E-state index contributed by atoms with van der Waals surface area (Å²) >= 11 is 6.39. The molecule has 1 aliphatic heterocycles. The Morgan fingerprint density at radius 3 is 2.45 bits per heavy atom. The number of benzene rings is 2. The fraction of sp³-hybridized carbons (Fsp3) is 0.316. The lowest BCUT2D eigenvalue weighted by atomic mass is 10.2. The van der Waals surface area contributed by atoms with Crippen molar-refractivity contribution in [3.05, 3.63) is 53.1 Å². The molecule has 0 aromatic heterocycles. The van der Waals surface area contributed by atoms with Crippen molar-refractivity contribution in [3.8, 4) is 0 Å². The van der Waals surface area contributed by atoms with E-state index in [0.717, 1.165) is 10.2 Å². The number of halogens is 1. The highest BCUT2D eigenvalue weighted by atomic mass is 35.5. The van der Waals surface area contributed by atoms with E-state index < -0.39 is 10.0 Å². The second-order valence-corrected chi connectivity index (χ2v) is 8.65. The van der Waals surface area contributed by atoms with E-state index >= 15 is 0 Å². The predicted octanol–water partition coefficient (Wildman–Crippen LogP) is 2.61. The Kier molecular flexibility index (Phi) is 6.76. The van der Waals surface area contributed by atoms with E-state index in [2.05, 4.69) is 10.2 Å². The zero-order valence-corrected chi connectivity index (χ0v) is 17.7. The number of hydrogen-bond acceptors (Lipinski definition) is 6. The highest BCUT2D eigenvalue weighted by molar-refractivity contribution is 7.89. The molecule has 156 valence electrons. The zero-order valence-electron chi connectivity index (χ0n) is 16.1. The third kappa shape index (κ3) is 4.71. The van der Waals surface area contributed by atoms with E-state index in [0.29, 0.717) is 42.6 Å².